The molecule has 100 valence electrons. The number of nitrogens with two attached hydrogens (primary N) is 1. The molecule has 1 amide bonds. The van der Waals surface area contributed by atoms with Crippen LogP contribution in [0.15, 0.2) is 24.3 Å². The fraction of sp³-hybridized carbons (Fsp3) is 0.500. The Bertz CT molecular complexity index is 363. The molecule has 18 heavy (non-hydrogen) atoms. The minimum Gasteiger partial charge on any atom is -0.494 e. The van der Waals surface area contributed by atoms with E-state index in [4.69, 9.17) is 10.5 Å². The highest BCUT2D eigenvalue weighted by Gasteiger charge is 2.12. The Hall–Kier alpha value is -1.55. The van der Waals surface area contributed by atoms with Crippen LogP contribution in [-0.4, -0.2) is 18.6 Å². The molecule has 0 aliphatic heterocycles. The Morgan fingerprint density at radius 2 is 2.00 bits per heavy atom. The van der Waals surface area contributed by atoms with Crippen LogP contribution < -0.4 is 15.8 Å². The maximum Gasteiger partial charge on any atom is 0.241 e. The summed E-state index contributed by atoms with van der Waals surface area (Å²) >= 11 is 0. The van der Waals surface area contributed by atoms with E-state index in [1.165, 1.54) is 0 Å². The molecule has 0 heterocycles. The van der Waals surface area contributed by atoms with E-state index in [-0.39, 0.29) is 5.91 Å². The van der Waals surface area contributed by atoms with Gasteiger partial charge in [-0.2, -0.15) is 0 Å². The van der Waals surface area contributed by atoms with Crippen LogP contribution >= 0.6 is 0 Å². The predicted octanol–water partition coefficient (Wildman–Crippen LogP) is 2.54. The Morgan fingerprint density at radius 3 is 2.56 bits per heavy atom. The summed E-state index contributed by atoms with van der Waals surface area (Å²) in [5, 5.41) is 2.80. The van der Waals surface area contributed by atoms with Gasteiger partial charge in [0.15, 0.2) is 0 Å². The van der Waals surface area contributed by atoms with E-state index in [0.29, 0.717) is 6.61 Å². The first-order chi connectivity index (χ1) is 8.67. The van der Waals surface area contributed by atoms with Gasteiger partial charge in [0.05, 0.1) is 12.6 Å². The minimum absolute atomic E-state index is 0.132. The van der Waals surface area contributed by atoms with Crippen LogP contribution in [0.5, 0.6) is 5.75 Å². The molecule has 1 rings (SSSR count). The minimum atomic E-state index is -0.434. The van der Waals surface area contributed by atoms with Crippen LogP contribution in [0.25, 0.3) is 0 Å². The molecule has 0 bridgehead atoms. The number of hydrogen-bond donors (Lipinski definition) is 2. The molecule has 0 unspecified atom stereocenters. The van der Waals surface area contributed by atoms with Gasteiger partial charge < -0.3 is 15.8 Å². The number of rotatable bonds is 7. The first-order valence-electron chi connectivity index (χ1n) is 6.46. The van der Waals surface area contributed by atoms with E-state index < -0.39 is 6.04 Å². The van der Waals surface area contributed by atoms with E-state index in [1.807, 2.05) is 31.2 Å². The smallest absolute Gasteiger partial charge is 0.241 e. The van der Waals surface area contributed by atoms with Crippen LogP contribution in [0.3, 0.4) is 0 Å². The molecule has 1 aromatic rings. The number of ether oxygens (including phenoxy) is 1. The molecule has 0 fully saturated rings. The third-order valence-corrected chi connectivity index (χ3v) is 2.64. The standard InChI is InChI=1S/C14H22N2O2/c1-3-5-6-13(15)14(17)16-11-7-9-12(10-8-11)18-4-2/h7-10,13H,3-6,15H2,1-2H3,(H,16,17)/t13-/m0/s1. The molecule has 4 nitrogen and oxygen atoms in total. The Morgan fingerprint density at radius 1 is 1.33 bits per heavy atom. The molecule has 0 aliphatic rings. The van der Waals surface area contributed by atoms with Gasteiger partial charge in [0.25, 0.3) is 0 Å². The van der Waals surface area contributed by atoms with E-state index in [1.54, 1.807) is 0 Å². The van der Waals surface area contributed by atoms with Crippen molar-refractivity contribution >= 4 is 11.6 Å². The fourth-order valence-electron chi connectivity index (χ4n) is 1.59. The second-order valence-electron chi connectivity index (χ2n) is 4.20. The van der Waals surface area contributed by atoms with Gasteiger partial charge >= 0.3 is 0 Å². The van der Waals surface area contributed by atoms with E-state index >= 15 is 0 Å². The van der Waals surface area contributed by atoms with E-state index in [0.717, 1.165) is 30.7 Å². The number of unbranched alkanes of at least 4 members (excludes halogenated alkanes) is 1. The monoisotopic (exact) mass is 250 g/mol. The van der Waals surface area contributed by atoms with Gasteiger partial charge in [0, 0.05) is 5.69 Å². The summed E-state index contributed by atoms with van der Waals surface area (Å²) in [5.74, 6) is 0.665. The van der Waals surface area contributed by atoms with E-state index in [9.17, 15) is 4.79 Å². The number of carbonyl (C=O) groups excluding carboxylic acids is 1. The van der Waals surface area contributed by atoms with Crippen molar-refractivity contribution in [2.24, 2.45) is 5.73 Å². The molecule has 1 aromatic carbocycles. The number of nitrogens with one attached hydrogen (secondary N) is 1. The molecule has 0 saturated carbocycles. The molecule has 0 radical (unpaired) electrons. The summed E-state index contributed by atoms with van der Waals surface area (Å²) in [6.07, 6.45) is 2.74. The lowest BCUT2D eigenvalue weighted by atomic mass is 10.1. The molecule has 0 aliphatic carbocycles. The van der Waals surface area contributed by atoms with Crippen LogP contribution in [0.4, 0.5) is 5.69 Å². The maximum absolute atomic E-state index is 11.8. The van der Waals surface area contributed by atoms with Crippen molar-refractivity contribution < 1.29 is 9.53 Å². The topological polar surface area (TPSA) is 64.4 Å². The average molecular weight is 250 g/mol. The van der Waals surface area contributed by atoms with Crippen LogP contribution in [0, 0.1) is 0 Å². The number of hydrogen-bond acceptors (Lipinski definition) is 3. The molecular weight excluding hydrogens is 228 g/mol. The molecule has 4 heteroatoms. The summed E-state index contributed by atoms with van der Waals surface area (Å²) in [6, 6.07) is 6.86. The van der Waals surface area contributed by atoms with Crippen LogP contribution in [0.2, 0.25) is 0 Å². The van der Waals surface area contributed by atoms with Gasteiger partial charge in [-0.05, 0) is 37.6 Å². The highest BCUT2D eigenvalue weighted by Crippen LogP contribution is 2.15. The van der Waals surface area contributed by atoms with Crippen LogP contribution in [0.1, 0.15) is 33.1 Å². The Labute approximate surface area is 109 Å². The summed E-state index contributed by atoms with van der Waals surface area (Å²) in [4.78, 5) is 11.8. The number of amides is 1. The normalized spacial score (nSPS) is 11.9. The van der Waals surface area contributed by atoms with Gasteiger partial charge in [-0.15, -0.1) is 0 Å². The molecule has 0 aromatic heterocycles. The highest BCUT2D eigenvalue weighted by molar-refractivity contribution is 5.94. The zero-order valence-corrected chi connectivity index (χ0v) is 11.1. The molecule has 1 atom stereocenters. The second-order valence-corrected chi connectivity index (χ2v) is 4.20. The Balaban J connectivity index is 2.48. The van der Waals surface area contributed by atoms with E-state index in [2.05, 4.69) is 12.2 Å². The maximum atomic E-state index is 11.8. The largest absolute Gasteiger partial charge is 0.494 e. The van der Waals surface area contributed by atoms with Gasteiger partial charge in [0.2, 0.25) is 5.91 Å². The van der Waals surface area contributed by atoms with Crippen molar-refractivity contribution in [2.45, 2.75) is 39.2 Å². The van der Waals surface area contributed by atoms with Crippen molar-refractivity contribution in [3.8, 4) is 5.75 Å². The average Bonchev–Trinajstić information content (AvgIpc) is 2.38. The van der Waals surface area contributed by atoms with Gasteiger partial charge in [-0.1, -0.05) is 19.8 Å². The number of anilines is 1. The SMILES string of the molecule is CCCC[C@H](N)C(=O)Nc1ccc(OCC)cc1. The lowest BCUT2D eigenvalue weighted by molar-refractivity contribution is -0.117. The fourth-order valence-corrected chi connectivity index (χ4v) is 1.59. The molecule has 3 N–H and O–H groups in total. The van der Waals surface area contributed by atoms with Gasteiger partial charge in [-0.25, -0.2) is 0 Å². The zero-order valence-electron chi connectivity index (χ0n) is 11.1. The number of benzene rings is 1. The molecule has 0 saturated heterocycles. The summed E-state index contributed by atoms with van der Waals surface area (Å²) in [7, 11) is 0. The lowest BCUT2D eigenvalue weighted by Gasteiger charge is -2.12. The van der Waals surface area contributed by atoms with Crippen LogP contribution in [-0.2, 0) is 4.79 Å². The third kappa shape index (κ3) is 4.75. The van der Waals surface area contributed by atoms with Crippen molar-refractivity contribution in [1.29, 1.82) is 0 Å². The zero-order chi connectivity index (χ0) is 13.4. The lowest BCUT2D eigenvalue weighted by Crippen LogP contribution is -2.35. The quantitative estimate of drug-likeness (QED) is 0.781. The van der Waals surface area contributed by atoms with Crippen molar-refractivity contribution in [1.82, 2.24) is 0 Å². The first kappa shape index (κ1) is 14.5. The van der Waals surface area contributed by atoms with Gasteiger partial charge in [0.1, 0.15) is 5.75 Å². The predicted molar refractivity (Wildman–Crippen MR) is 73.7 cm³/mol. The summed E-state index contributed by atoms with van der Waals surface area (Å²) in [6.45, 7) is 4.65. The highest BCUT2D eigenvalue weighted by atomic mass is 16.5. The Kier molecular flexibility index (Phi) is 6.22. The van der Waals surface area contributed by atoms with Crippen molar-refractivity contribution in [3.63, 3.8) is 0 Å². The van der Waals surface area contributed by atoms with Crippen molar-refractivity contribution in [2.75, 3.05) is 11.9 Å². The third-order valence-electron chi connectivity index (χ3n) is 2.64. The van der Waals surface area contributed by atoms with Gasteiger partial charge in [-0.3, -0.25) is 4.79 Å². The second kappa shape index (κ2) is 7.71. The number of carbonyl (C=O) groups is 1. The molecular formula is C14H22N2O2. The first-order valence-corrected chi connectivity index (χ1v) is 6.46. The molecule has 0 spiro atoms. The van der Waals surface area contributed by atoms with Crippen molar-refractivity contribution in [3.05, 3.63) is 24.3 Å². The summed E-state index contributed by atoms with van der Waals surface area (Å²) in [5.41, 5.74) is 6.54. The summed E-state index contributed by atoms with van der Waals surface area (Å²) < 4.78 is 5.33.